The maximum absolute atomic E-state index is 13.1. The van der Waals surface area contributed by atoms with E-state index in [4.69, 9.17) is 4.74 Å². The summed E-state index contributed by atoms with van der Waals surface area (Å²) in [5.74, 6) is 0.329. The van der Waals surface area contributed by atoms with Crippen LogP contribution >= 0.6 is 0 Å². The molecular formula is C23H26N2O3. The number of hydrogen-bond donors (Lipinski definition) is 1. The first-order valence-electron chi connectivity index (χ1n) is 9.41. The van der Waals surface area contributed by atoms with Gasteiger partial charge in [-0.15, -0.1) is 0 Å². The average molecular weight is 378 g/mol. The van der Waals surface area contributed by atoms with Crippen LogP contribution in [0.15, 0.2) is 48.2 Å². The standard InChI is InChI=1S/C23H26N2O3/c1-14(2)13-25-22(26)20(17-7-9-18(28-5)10-8-17)21(23(25)27)24-19-11-6-15(3)12-16(19)4/h6-12,14,24H,13H2,1-5H3. The molecule has 0 aliphatic carbocycles. The highest BCUT2D eigenvalue weighted by atomic mass is 16.5. The highest BCUT2D eigenvalue weighted by molar-refractivity contribution is 6.36. The van der Waals surface area contributed by atoms with Crippen LogP contribution in [-0.2, 0) is 9.59 Å². The van der Waals surface area contributed by atoms with Crippen LogP contribution in [0.5, 0.6) is 5.75 Å². The monoisotopic (exact) mass is 378 g/mol. The normalized spacial score (nSPS) is 14.3. The van der Waals surface area contributed by atoms with E-state index >= 15 is 0 Å². The van der Waals surface area contributed by atoms with Crippen molar-refractivity contribution < 1.29 is 14.3 Å². The van der Waals surface area contributed by atoms with Gasteiger partial charge in [0.05, 0.1) is 12.7 Å². The fraction of sp³-hybridized carbons (Fsp3) is 0.304. The molecule has 1 aliphatic rings. The van der Waals surface area contributed by atoms with E-state index < -0.39 is 0 Å². The molecule has 146 valence electrons. The highest BCUT2D eigenvalue weighted by Gasteiger charge is 2.39. The van der Waals surface area contributed by atoms with Crippen LogP contribution in [-0.4, -0.2) is 30.4 Å². The minimum Gasteiger partial charge on any atom is -0.497 e. The molecule has 2 aromatic carbocycles. The van der Waals surface area contributed by atoms with Gasteiger partial charge in [-0.1, -0.05) is 43.7 Å². The third kappa shape index (κ3) is 3.79. The zero-order chi connectivity index (χ0) is 20.4. The van der Waals surface area contributed by atoms with Gasteiger partial charge in [0.25, 0.3) is 11.8 Å². The van der Waals surface area contributed by atoms with E-state index in [0.717, 1.165) is 16.8 Å². The van der Waals surface area contributed by atoms with Gasteiger partial charge in [-0.05, 0) is 49.1 Å². The fourth-order valence-electron chi connectivity index (χ4n) is 3.34. The number of ether oxygens (including phenoxy) is 1. The van der Waals surface area contributed by atoms with Crippen LogP contribution in [0, 0.1) is 19.8 Å². The number of carbonyl (C=O) groups excluding carboxylic acids is 2. The average Bonchev–Trinajstić information content (AvgIpc) is 2.88. The summed E-state index contributed by atoms with van der Waals surface area (Å²) in [5, 5.41) is 3.23. The summed E-state index contributed by atoms with van der Waals surface area (Å²) < 4.78 is 5.21. The number of rotatable bonds is 6. The van der Waals surface area contributed by atoms with Crippen molar-refractivity contribution >= 4 is 23.1 Å². The maximum atomic E-state index is 13.1. The molecule has 1 heterocycles. The van der Waals surface area contributed by atoms with Crippen molar-refractivity contribution in [2.75, 3.05) is 19.0 Å². The molecule has 2 amide bonds. The van der Waals surface area contributed by atoms with Crippen LogP contribution in [0.4, 0.5) is 5.69 Å². The van der Waals surface area contributed by atoms with Gasteiger partial charge < -0.3 is 10.1 Å². The quantitative estimate of drug-likeness (QED) is 0.767. The number of benzene rings is 2. The molecule has 2 aromatic rings. The van der Waals surface area contributed by atoms with Crippen LogP contribution in [0.1, 0.15) is 30.5 Å². The Hall–Kier alpha value is -3.08. The highest BCUT2D eigenvalue weighted by Crippen LogP contribution is 2.32. The van der Waals surface area contributed by atoms with Gasteiger partial charge in [0.2, 0.25) is 0 Å². The number of aryl methyl sites for hydroxylation is 2. The summed E-state index contributed by atoms with van der Waals surface area (Å²) in [6.45, 7) is 8.37. The molecule has 0 spiro atoms. The second kappa shape index (κ2) is 7.89. The van der Waals surface area contributed by atoms with Gasteiger partial charge in [-0.25, -0.2) is 0 Å². The second-order valence-electron chi connectivity index (χ2n) is 7.54. The molecule has 0 unspecified atom stereocenters. The Kier molecular flexibility index (Phi) is 5.54. The SMILES string of the molecule is COc1ccc(C2=C(Nc3ccc(C)cc3C)C(=O)N(CC(C)C)C2=O)cc1. The van der Waals surface area contributed by atoms with Crippen molar-refractivity contribution in [1.82, 2.24) is 4.90 Å². The van der Waals surface area contributed by atoms with Crippen molar-refractivity contribution in [2.24, 2.45) is 5.92 Å². The van der Waals surface area contributed by atoms with Gasteiger partial charge in [-0.2, -0.15) is 0 Å². The van der Waals surface area contributed by atoms with Gasteiger partial charge >= 0.3 is 0 Å². The summed E-state index contributed by atoms with van der Waals surface area (Å²) in [4.78, 5) is 27.6. The predicted octanol–water partition coefficient (Wildman–Crippen LogP) is 4.16. The summed E-state index contributed by atoms with van der Waals surface area (Å²) in [6, 6.07) is 13.2. The van der Waals surface area contributed by atoms with Gasteiger partial charge in [0.15, 0.2) is 0 Å². The number of methoxy groups -OCH3 is 1. The van der Waals surface area contributed by atoms with E-state index in [1.165, 1.54) is 4.90 Å². The molecule has 0 aromatic heterocycles. The molecule has 3 rings (SSSR count). The van der Waals surface area contributed by atoms with Crippen LogP contribution in [0.25, 0.3) is 5.57 Å². The molecule has 0 saturated carbocycles. The molecule has 0 atom stereocenters. The van der Waals surface area contributed by atoms with E-state index in [1.807, 2.05) is 58.0 Å². The summed E-state index contributed by atoms with van der Waals surface area (Å²) in [5.41, 5.74) is 4.39. The number of carbonyl (C=O) groups is 2. The van der Waals surface area contributed by atoms with Crippen molar-refractivity contribution in [1.29, 1.82) is 0 Å². The summed E-state index contributed by atoms with van der Waals surface area (Å²) in [6.07, 6.45) is 0. The molecule has 5 heteroatoms. The van der Waals surface area contributed by atoms with E-state index in [1.54, 1.807) is 19.2 Å². The maximum Gasteiger partial charge on any atom is 0.278 e. The summed E-state index contributed by atoms with van der Waals surface area (Å²) >= 11 is 0. The number of nitrogens with zero attached hydrogens (tertiary/aromatic N) is 1. The van der Waals surface area contributed by atoms with Crippen molar-refractivity contribution in [3.8, 4) is 5.75 Å². The van der Waals surface area contributed by atoms with E-state index in [-0.39, 0.29) is 17.7 Å². The largest absolute Gasteiger partial charge is 0.497 e. The van der Waals surface area contributed by atoms with Crippen molar-refractivity contribution in [3.63, 3.8) is 0 Å². The van der Waals surface area contributed by atoms with Gasteiger partial charge in [-0.3, -0.25) is 14.5 Å². The Morgan fingerprint density at radius 1 is 1.00 bits per heavy atom. The van der Waals surface area contributed by atoms with Gasteiger partial charge in [0, 0.05) is 12.2 Å². The van der Waals surface area contributed by atoms with Crippen molar-refractivity contribution in [2.45, 2.75) is 27.7 Å². The lowest BCUT2D eigenvalue weighted by Gasteiger charge is -2.17. The first-order chi connectivity index (χ1) is 13.3. The minimum atomic E-state index is -0.288. The first kappa shape index (κ1) is 19.7. The Morgan fingerprint density at radius 2 is 1.68 bits per heavy atom. The Bertz CT molecular complexity index is 943. The molecule has 0 bridgehead atoms. The number of anilines is 1. The Labute approximate surface area is 166 Å². The molecule has 5 nitrogen and oxygen atoms in total. The topological polar surface area (TPSA) is 58.6 Å². The molecule has 0 radical (unpaired) electrons. The molecule has 0 fully saturated rings. The number of imide groups is 1. The third-order valence-electron chi connectivity index (χ3n) is 4.74. The predicted molar refractivity (Wildman–Crippen MR) is 111 cm³/mol. The Balaban J connectivity index is 2.07. The van der Waals surface area contributed by atoms with E-state index in [2.05, 4.69) is 5.32 Å². The first-order valence-corrected chi connectivity index (χ1v) is 9.41. The lowest BCUT2D eigenvalue weighted by Crippen LogP contribution is -2.35. The molecule has 1 aliphatic heterocycles. The lowest BCUT2D eigenvalue weighted by molar-refractivity contribution is -0.137. The smallest absolute Gasteiger partial charge is 0.278 e. The Morgan fingerprint density at radius 3 is 2.25 bits per heavy atom. The number of amides is 2. The second-order valence-corrected chi connectivity index (χ2v) is 7.54. The van der Waals surface area contributed by atoms with E-state index in [0.29, 0.717) is 29.1 Å². The molecule has 28 heavy (non-hydrogen) atoms. The zero-order valence-corrected chi connectivity index (χ0v) is 17.0. The third-order valence-corrected chi connectivity index (χ3v) is 4.74. The van der Waals surface area contributed by atoms with Crippen molar-refractivity contribution in [3.05, 3.63) is 64.9 Å². The van der Waals surface area contributed by atoms with E-state index in [9.17, 15) is 9.59 Å². The number of hydrogen-bond acceptors (Lipinski definition) is 4. The fourth-order valence-corrected chi connectivity index (χ4v) is 3.34. The molecule has 0 saturated heterocycles. The van der Waals surface area contributed by atoms with Gasteiger partial charge in [0.1, 0.15) is 11.4 Å². The minimum absolute atomic E-state index is 0.186. The summed E-state index contributed by atoms with van der Waals surface area (Å²) in [7, 11) is 1.59. The molecule has 1 N–H and O–H groups in total. The number of nitrogens with one attached hydrogen (secondary N) is 1. The van der Waals surface area contributed by atoms with Crippen LogP contribution in [0.2, 0.25) is 0 Å². The zero-order valence-electron chi connectivity index (χ0n) is 17.0. The lowest BCUT2D eigenvalue weighted by atomic mass is 10.0. The molecular weight excluding hydrogens is 352 g/mol. The van der Waals surface area contributed by atoms with Crippen LogP contribution in [0.3, 0.4) is 0 Å². The van der Waals surface area contributed by atoms with Crippen LogP contribution < -0.4 is 10.1 Å².